The van der Waals surface area contributed by atoms with Gasteiger partial charge in [-0.1, -0.05) is 109 Å². The molecule has 5 heteroatoms. The molecule has 2 heterocycles. The van der Waals surface area contributed by atoms with Crippen molar-refractivity contribution in [2.75, 3.05) is 5.32 Å². The third kappa shape index (κ3) is 5.00. The number of benzene rings is 6. The average molecular weight is 592 g/mol. The van der Waals surface area contributed by atoms with Crippen LogP contribution < -0.4 is 5.32 Å². The summed E-state index contributed by atoms with van der Waals surface area (Å²) in [6.07, 6.45) is 1.42. The van der Waals surface area contributed by atoms with Crippen LogP contribution in [0.2, 0.25) is 0 Å². The Kier molecular flexibility index (Phi) is 6.89. The van der Waals surface area contributed by atoms with Gasteiger partial charge in [0.25, 0.3) is 0 Å². The number of aromatic nitrogens is 3. The van der Waals surface area contributed by atoms with Crippen molar-refractivity contribution in [2.24, 2.45) is 0 Å². The van der Waals surface area contributed by atoms with Crippen LogP contribution in [-0.4, -0.2) is 20.7 Å². The Morgan fingerprint density at radius 3 is 1.89 bits per heavy atom. The molecule has 5 nitrogen and oxygen atoms in total. The van der Waals surface area contributed by atoms with E-state index in [1.807, 2.05) is 78.9 Å². The summed E-state index contributed by atoms with van der Waals surface area (Å²) in [5.41, 5.74) is 10.6. The highest BCUT2D eigenvalue weighted by Crippen LogP contribution is 2.37. The predicted molar refractivity (Wildman–Crippen MR) is 190 cm³/mol. The molecule has 0 aliphatic heterocycles. The van der Waals surface area contributed by atoms with E-state index >= 15 is 0 Å². The minimum Gasteiger partial charge on any atom is -0.355 e. The smallest absolute Gasteiger partial charge is 0.160 e. The lowest BCUT2D eigenvalue weighted by atomic mass is 10.1. The molecule has 0 amide bonds. The van der Waals surface area contributed by atoms with E-state index in [2.05, 4.69) is 88.7 Å². The molecule has 46 heavy (non-hydrogen) atoms. The molecule has 2 aromatic heterocycles. The van der Waals surface area contributed by atoms with E-state index < -0.39 is 0 Å². The summed E-state index contributed by atoms with van der Waals surface area (Å²) in [7, 11) is 0. The zero-order chi connectivity index (χ0) is 30.9. The van der Waals surface area contributed by atoms with Crippen molar-refractivity contribution < 1.29 is 0 Å². The van der Waals surface area contributed by atoms with Crippen molar-refractivity contribution in [3.63, 3.8) is 0 Å². The minimum absolute atomic E-state index is 0.690. The molecular formula is C41H29N5. The van der Waals surface area contributed by atoms with Gasteiger partial charge in [0, 0.05) is 56.3 Å². The Labute approximate surface area is 267 Å². The molecule has 6 aromatic carbocycles. The predicted octanol–water partition coefficient (Wildman–Crippen LogP) is 10.3. The van der Waals surface area contributed by atoms with Crippen LogP contribution in [0.4, 0.5) is 11.4 Å². The molecular weight excluding hydrogens is 562 g/mol. The van der Waals surface area contributed by atoms with Gasteiger partial charge in [0.05, 0.1) is 22.4 Å². The number of fused-ring (bicyclic) bond motifs is 3. The average Bonchev–Trinajstić information content (AvgIpc) is 3.45. The number of hydrogen-bond donors (Lipinski definition) is 2. The summed E-state index contributed by atoms with van der Waals surface area (Å²) < 4.78 is 2.30. The fourth-order valence-corrected chi connectivity index (χ4v) is 6.09. The Balaban J connectivity index is 1.32. The SMILES string of the molecule is N=Cc1cc2c3ccccc3n(-c3cccc(-c4cc(-c5ccccc5)nc(-c5ccccc5)n4)c3)c2cc1Nc1ccccc1. The van der Waals surface area contributed by atoms with Gasteiger partial charge in [0.15, 0.2) is 5.82 Å². The first-order chi connectivity index (χ1) is 22.7. The van der Waals surface area contributed by atoms with Crippen LogP contribution in [0, 0.1) is 5.41 Å². The van der Waals surface area contributed by atoms with Crippen molar-refractivity contribution in [3.05, 3.63) is 163 Å². The summed E-state index contributed by atoms with van der Waals surface area (Å²) in [5, 5.41) is 14.0. The van der Waals surface area contributed by atoms with E-state index in [0.717, 1.165) is 72.5 Å². The molecule has 0 fully saturated rings. The van der Waals surface area contributed by atoms with Crippen LogP contribution in [0.1, 0.15) is 5.56 Å². The van der Waals surface area contributed by atoms with Crippen molar-refractivity contribution in [2.45, 2.75) is 0 Å². The van der Waals surface area contributed by atoms with Gasteiger partial charge < -0.3 is 15.3 Å². The highest BCUT2D eigenvalue weighted by molar-refractivity contribution is 6.12. The molecule has 0 aliphatic rings. The van der Waals surface area contributed by atoms with Gasteiger partial charge in [-0.2, -0.15) is 0 Å². The van der Waals surface area contributed by atoms with Crippen LogP contribution in [-0.2, 0) is 0 Å². The summed E-state index contributed by atoms with van der Waals surface area (Å²) >= 11 is 0. The highest BCUT2D eigenvalue weighted by atomic mass is 15.0. The van der Waals surface area contributed by atoms with E-state index in [-0.39, 0.29) is 0 Å². The monoisotopic (exact) mass is 591 g/mol. The Morgan fingerprint density at radius 1 is 0.522 bits per heavy atom. The third-order valence-electron chi connectivity index (χ3n) is 8.28. The van der Waals surface area contributed by atoms with Crippen LogP contribution >= 0.6 is 0 Å². The van der Waals surface area contributed by atoms with Crippen molar-refractivity contribution in [1.82, 2.24) is 14.5 Å². The molecule has 0 saturated heterocycles. The fourth-order valence-electron chi connectivity index (χ4n) is 6.09. The molecule has 0 aliphatic carbocycles. The van der Waals surface area contributed by atoms with Gasteiger partial charge in [-0.15, -0.1) is 0 Å². The number of anilines is 2. The largest absolute Gasteiger partial charge is 0.355 e. The Hall–Kier alpha value is -6.33. The summed E-state index contributed by atoms with van der Waals surface area (Å²) in [4.78, 5) is 10.0. The lowest BCUT2D eigenvalue weighted by Gasteiger charge is -2.14. The molecule has 8 aromatic rings. The molecule has 0 spiro atoms. The quantitative estimate of drug-likeness (QED) is 0.181. The van der Waals surface area contributed by atoms with Crippen LogP contribution in [0.25, 0.3) is 61.4 Å². The second kappa shape index (κ2) is 11.6. The highest BCUT2D eigenvalue weighted by Gasteiger charge is 2.17. The molecule has 218 valence electrons. The van der Waals surface area contributed by atoms with Gasteiger partial charge in [-0.05, 0) is 48.5 Å². The van der Waals surface area contributed by atoms with Crippen molar-refractivity contribution >= 4 is 39.4 Å². The van der Waals surface area contributed by atoms with E-state index in [1.54, 1.807) is 0 Å². The Morgan fingerprint density at radius 2 is 1.15 bits per heavy atom. The second-order valence-corrected chi connectivity index (χ2v) is 11.2. The lowest BCUT2D eigenvalue weighted by Crippen LogP contribution is -1.99. The number of rotatable bonds is 7. The standard InChI is InChI=1S/C41H29N5/c42-27-31-24-35-34-21-10-11-22-39(34)46(40(35)26-38(31)43-32-18-8-3-9-19-32)33-20-12-17-30(23-33)37-25-36(28-13-4-1-5-14-28)44-41(45-37)29-15-6-2-7-16-29/h1-27,42-43H. The molecule has 8 rings (SSSR count). The van der Waals surface area contributed by atoms with Gasteiger partial charge in [0.1, 0.15) is 0 Å². The summed E-state index contributed by atoms with van der Waals surface area (Å²) in [5.74, 6) is 0.690. The topological polar surface area (TPSA) is 66.6 Å². The summed E-state index contributed by atoms with van der Waals surface area (Å²) in [6.45, 7) is 0. The molecule has 2 N–H and O–H groups in total. The number of nitrogens with zero attached hydrogens (tertiary/aromatic N) is 3. The molecule has 0 atom stereocenters. The maximum absolute atomic E-state index is 8.20. The van der Waals surface area contributed by atoms with E-state index in [0.29, 0.717) is 5.82 Å². The number of nitrogens with one attached hydrogen (secondary N) is 2. The van der Waals surface area contributed by atoms with Crippen LogP contribution in [0.5, 0.6) is 0 Å². The lowest BCUT2D eigenvalue weighted by molar-refractivity contribution is 1.16. The maximum Gasteiger partial charge on any atom is 0.160 e. The normalized spacial score (nSPS) is 11.1. The zero-order valence-electron chi connectivity index (χ0n) is 24.9. The summed E-state index contributed by atoms with van der Waals surface area (Å²) in [6, 6.07) is 53.8. The van der Waals surface area contributed by atoms with E-state index in [4.69, 9.17) is 15.4 Å². The van der Waals surface area contributed by atoms with E-state index in [1.165, 1.54) is 6.21 Å². The van der Waals surface area contributed by atoms with Gasteiger partial charge in [0.2, 0.25) is 0 Å². The maximum atomic E-state index is 8.20. The zero-order valence-corrected chi connectivity index (χ0v) is 24.9. The van der Waals surface area contributed by atoms with Gasteiger partial charge >= 0.3 is 0 Å². The van der Waals surface area contributed by atoms with Gasteiger partial charge in [-0.25, -0.2) is 9.97 Å². The van der Waals surface area contributed by atoms with Crippen LogP contribution in [0.15, 0.2) is 158 Å². The molecule has 0 radical (unpaired) electrons. The second-order valence-electron chi connectivity index (χ2n) is 11.2. The minimum atomic E-state index is 0.690. The number of para-hydroxylation sites is 2. The molecule has 0 saturated carbocycles. The third-order valence-corrected chi connectivity index (χ3v) is 8.28. The first-order valence-electron chi connectivity index (χ1n) is 15.3. The van der Waals surface area contributed by atoms with Gasteiger partial charge in [-0.3, -0.25) is 0 Å². The molecule has 0 bridgehead atoms. The first-order valence-corrected chi connectivity index (χ1v) is 15.3. The molecule has 0 unspecified atom stereocenters. The first kappa shape index (κ1) is 27.2. The number of hydrogen-bond acceptors (Lipinski definition) is 4. The Bertz CT molecular complexity index is 2290. The van der Waals surface area contributed by atoms with E-state index in [9.17, 15) is 0 Å². The van der Waals surface area contributed by atoms with Crippen molar-refractivity contribution in [1.29, 1.82) is 5.41 Å². The fraction of sp³-hybridized carbons (Fsp3) is 0. The van der Waals surface area contributed by atoms with Crippen molar-refractivity contribution in [3.8, 4) is 39.6 Å². The van der Waals surface area contributed by atoms with Crippen LogP contribution in [0.3, 0.4) is 0 Å².